The first-order chi connectivity index (χ1) is 18.7. The lowest BCUT2D eigenvalue weighted by molar-refractivity contribution is 0.0402. The summed E-state index contributed by atoms with van der Waals surface area (Å²) in [4.78, 5) is 30.0. The van der Waals surface area contributed by atoms with E-state index in [1.54, 1.807) is 45.5 Å². The molecule has 0 saturated heterocycles. The van der Waals surface area contributed by atoms with Crippen molar-refractivity contribution in [1.82, 2.24) is 19.9 Å². The third-order valence-electron chi connectivity index (χ3n) is 6.04. The summed E-state index contributed by atoms with van der Waals surface area (Å²) in [5, 5.41) is 3.31. The van der Waals surface area contributed by atoms with E-state index >= 15 is 4.39 Å². The second-order valence-corrected chi connectivity index (χ2v) is 10.2. The number of nitrogens with one attached hydrogen (secondary N) is 1. The molecule has 0 unspecified atom stereocenters. The molecule has 5 rings (SSSR count). The number of hydrogen-bond acceptors (Lipinski definition) is 9. The second-order valence-electron chi connectivity index (χ2n) is 9.17. The summed E-state index contributed by atoms with van der Waals surface area (Å²) >= 11 is 1.40. The van der Waals surface area contributed by atoms with E-state index in [1.807, 2.05) is 26.0 Å². The Bertz CT molecular complexity index is 1690. The molecule has 0 aliphatic heterocycles. The molecule has 39 heavy (non-hydrogen) atoms. The molecular weight excluding hydrogens is 521 g/mol. The maximum absolute atomic E-state index is 15.0. The topological polar surface area (TPSA) is 108 Å². The van der Waals surface area contributed by atoms with Crippen LogP contribution in [0.3, 0.4) is 0 Å². The molecular formula is C28H26FN5O4S. The highest BCUT2D eigenvalue weighted by atomic mass is 32.1. The number of aryl methyl sites for hydroxylation is 2. The van der Waals surface area contributed by atoms with Gasteiger partial charge < -0.3 is 14.2 Å². The van der Waals surface area contributed by atoms with Gasteiger partial charge in [0.15, 0.2) is 11.6 Å². The van der Waals surface area contributed by atoms with Gasteiger partial charge >= 0.3 is 6.09 Å². The van der Waals surface area contributed by atoms with Gasteiger partial charge in [0.2, 0.25) is 5.88 Å². The van der Waals surface area contributed by atoms with E-state index in [1.165, 1.54) is 23.6 Å². The van der Waals surface area contributed by atoms with Crippen LogP contribution in [-0.4, -0.2) is 45.3 Å². The number of thiazole rings is 1. The molecule has 3 aromatic heterocycles. The fraction of sp³-hybridized carbons (Fsp3) is 0.250. The van der Waals surface area contributed by atoms with Crippen molar-refractivity contribution in [2.75, 3.05) is 12.4 Å². The number of hydrogen-bond donors (Lipinski definition) is 1. The van der Waals surface area contributed by atoms with E-state index in [4.69, 9.17) is 14.2 Å². The van der Waals surface area contributed by atoms with Crippen molar-refractivity contribution in [1.29, 1.82) is 0 Å². The zero-order valence-electron chi connectivity index (χ0n) is 22.0. The number of aromatic nitrogens is 4. The first-order valence-electron chi connectivity index (χ1n) is 12.2. The Labute approximate surface area is 228 Å². The van der Waals surface area contributed by atoms with Gasteiger partial charge in [0.1, 0.15) is 17.2 Å². The van der Waals surface area contributed by atoms with Crippen LogP contribution in [0, 0.1) is 19.7 Å². The molecule has 200 valence electrons. The number of ether oxygens (including phenoxy) is 3. The van der Waals surface area contributed by atoms with E-state index in [2.05, 4.69) is 25.3 Å². The van der Waals surface area contributed by atoms with Crippen LogP contribution in [0.25, 0.3) is 31.8 Å². The van der Waals surface area contributed by atoms with Crippen LogP contribution < -0.4 is 14.8 Å². The largest absolute Gasteiger partial charge is 0.484 e. The molecule has 11 heteroatoms. The van der Waals surface area contributed by atoms with E-state index in [0.717, 1.165) is 21.4 Å². The first kappa shape index (κ1) is 26.2. The normalized spacial score (nSPS) is 12.8. The van der Waals surface area contributed by atoms with Crippen LogP contribution in [0.1, 0.15) is 25.0 Å². The van der Waals surface area contributed by atoms with Crippen molar-refractivity contribution in [2.24, 2.45) is 0 Å². The van der Waals surface area contributed by atoms with Gasteiger partial charge in [-0.25, -0.2) is 24.1 Å². The maximum Gasteiger partial charge on any atom is 0.412 e. The summed E-state index contributed by atoms with van der Waals surface area (Å²) in [7, 11) is 1.54. The summed E-state index contributed by atoms with van der Waals surface area (Å²) < 4.78 is 32.3. The van der Waals surface area contributed by atoms with Crippen LogP contribution in [0.5, 0.6) is 11.6 Å². The van der Waals surface area contributed by atoms with Crippen molar-refractivity contribution in [3.05, 3.63) is 65.9 Å². The molecule has 2 atom stereocenters. The molecule has 2 aromatic carbocycles. The lowest BCUT2D eigenvalue weighted by atomic mass is 10.1. The zero-order chi connectivity index (χ0) is 27.7. The van der Waals surface area contributed by atoms with E-state index in [-0.39, 0.29) is 5.75 Å². The monoisotopic (exact) mass is 547 g/mol. The minimum atomic E-state index is -0.663. The van der Waals surface area contributed by atoms with Gasteiger partial charge in [0.25, 0.3) is 0 Å². The van der Waals surface area contributed by atoms with Crippen molar-refractivity contribution in [2.45, 2.75) is 39.9 Å². The average Bonchev–Trinajstić information content (AvgIpc) is 3.30. The molecule has 0 fully saturated rings. The molecule has 0 aliphatic rings. The summed E-state index contributed by atoms with van der Waals surface area (Å²) in [6.07, 6.45) is 2.82. The number of carbonyl (C=O) groups excluding carboxylic acids is 1. The molecule has 5 aromatic rings. The fourth-order valence-corrected chi connectivity index (χ4v) is 4.97. The number of methoxy groups -OCH3 is 1. The SMILES string of the molecule is COc1cnc2c(-c3nc4cc(F)c(O[C@@H](C)[C@@H](C)OC(=O)Nc5cncc(C)c5)cc4s3)cc(C)cc2n1. The quantitative estimate of drug-likeness (QED) is 0.247. The third kappa shape index (κ3) is 5.73. The summed E-state index contributed by atoms with van der Waals surface area (Å²) in [6, 6.07) is 8.63. The third-order valence-corrected chi connectivity index (χ3v) is 7.09. The molecule has 0 saturated carbocycles. The van der Waals surface area contributed by atoms with Crippen molar-refractivity contribution in [3.63, 3.8) is 0 Å². The minimum Gasteiger partial charge on any atom is -0.484 e. The van der Waals surface area contributed by atoms with Crippen molar-refractivity contribution < 1.29 is 23.4 Å². The van der Waals surface area contributed by atoms with Gasteiger partial charge in [0, 0.05) is 23.9 Å². The van der Waals surface area contributed by atoms with Crippen molar-refractivity contribution >= 4 is 44.4 Å². The van der Waals surface area contributed by atoms with Crippen LogP contribution in [0.4, 0.5) is 14.9 Å². The molecule has 0 bridgehead atoms. The highest BCUT2D eigenvalue weighted by molar-refractivity contribution is 7.21. The van der Waals surface area contributed by atoms with E-state index < -0.39 is 24.1 Å². The maximum atomic E-state index is 15.0. The number of fused-ring (bicyclic) bond motifs is 2. The fourth-order valence-electron chi connectivity index (χ4n) is 3.98. The Balaban J connectivity index is 1.35. The molecule has 9 nitrogen and oxygen atoms in total. The number of halogens is 1. The molecule has 0 aliphatic carbocycles. The highest BCUT2D eigenvalue weighted by Crippen LogP contribution is 2.37. The average molecular weight is 548 g/mol. The summed E-state index contributed by atoms with van der Waals surface area (Å²) in [5.41, 5.74) is 5.07. The summed E-state index contributed by atoms with van der Waals surface area (Å²) in [5.74, 6) is -0.0981. The standard InChI is InChI=1S/C28H26FN5O4S/c1-14-7-19(26-22(8-14)33-25(36-5)13-31-26)27-34-21-9-20(29)23(10-24(21)39-27)37-16(3)17(4)38-28(35)32-18-6-15(2)11-30-12-18/h6-13,16-17H,1-5H3,(H,32,35)/t16-,17+/m0/s1. The van der Waals surface area contributed by atoms with E-state index in [9.17, 15) is 4.79 Å². The number of anilines is 1. The number of carbonyl (C=O) groups is 1. The number of pyridine rings is 1. The first-order valence-corrected chi connectivity index (χ1v) is 13.0. The lowest BCUT2D eigenvalue weighted by Crippen LogP contribution is -2.32. The number of benzene rings is 2. The van der Waals surface area contributed by atoms with Crippen molar-refractivity contribution in [3.8, 4) is 22.2 Å². The molecule has 1 amide bonds. The van der Waals surface area contributed by atoms with Crippen LogP contribution in [0.2, 0.25) is 0 Å². The Morgan fingerprint density at radius 1 is 0.974 bits per heavy atom. The molecule has 1 N–H and O–H groups in total. The van der Waals surface area contributed by atoms with Crippen LogP contribution >= 0.6 is 11.3 Å². The highest BCUT2D eigenvalue weighted by Gasteiger charge is 2.22. The van der Waals surface area contributed by atoms with Crippen LogP contribution in [-0.2, 0) is 4.74 Å². The smallest absolute Gasteiger partial charge is 0.412 e. The number of nitrogens with zero attached hydrogens (tertiary/aromatic N) is 4. The Hall–Kier alpha value is -4.38. The second kappa shape index (κ2) is 10.8. The minimum absolute atomic E-state index is 0.0440. The van der Waals surface area contributed by atoms with Gasteiger partial charge in [-0.15, -0.1) is 11.3 Å². The Morgan fingerprint density at radius 3 is 2.56 bits per heavy atom. The van der Waals surface area contributed by atoms with Gasteiger partial charge in [-0.2, -0.15) is 0 Å². The Morgan fingerprint density at radius 2 is 1.79 bits per heavy atom. The predicted octanol–water partition coefficient (Wildman–Crippen LogP) is 6.47. The summed E-state index contributed by atoms with van der Waals surface area (Å²) in [6.45, 7) is 7.22. The number of rotatable bonds is 7. The van der Waals surface area contributed by atoms with Gasteiger partial charge in [-0.3, -0.25) is 10.3 Å². The van der Waals surface area contributed by atoms with E-state index in [0.29, 0.717) is 33.1 Å². The predicted molar refractivity (Wildman–Crippen MR) is 148 cm³/mol. The van der Waals surface area contributed by atoms with Gasteiger partial charge in [0.05, 0.1) is 46.4 Å². The lowest BCUT2D eigenvalue weighted by Gasteiger charge is -2.22. The number of amides is 1. The van der Waals surface area contributed by atoms with Gasteiger partial charge in [-0.1, -0.05) is 0 Å². The Kier molecular flexibility index (Phi) is 7.25. The molecule has 3 heterocycles. The molecule has 0 radical (unpaired) electrons. The van der Waals surface area contributed by atoms with Crippen LogP contribution in [0.15, 0.2) is 48.9 Å². The molecule has 0 spiro atoms. The zero-order valence-corrected chi connectivity index (χ0v) is 22.8. The van der Waals surface area contributed by atoms with Gasteiger partial charge in [-0.05, 0) is 57.0 Å².